The van der Waals surface area contributed by atoms with E-state index in [2.05, 4.69) is 15.0 Å². The number of hydrogen-bond donors (Lipinski definition) is 0. The standard InChI is InChI=1S/C22H26N3O4S.Na/c1-4-22(28-12-13-29-22)9-11-27-19-8-10-23-18(16(19)3)14-30(26)21-24-17-7-5-6-15(2)20(17)25-21;/h5-8,10H,4,9,11-14H2,1-3H3;/q-1;+1. The summed E-state index contributed by atoms with van der Waals surface area (Å²) in [7, 11) is -1.39. The van der Waals surface area contributed by atoms with Gasteiger partial charge in [-0.1, -0.05) is 25.1 Å². The van der Waals surface area contributed by atoms with Gasteiger partial charge < -0.3 is 24.2 Å². The molecule has 4 rings (SSSR count). The van der Waals surface area contributed by atoms with Crippen molar-refractivity contribution in [2.45, 2.75) is 50.3 Å². The van der Waals surface area contributed by atoms with Crippen LogP contribution in [0.1, 0.15) is 36.6 Å². The second-order valence-corrected chi connectivity index (χ2v) is 8.72. The molecule has 0 N–H and O–H groups in total. The second kappa shape index (κ2) is 10.6. The van der Waals surface area contributed by atoms with Crippen LogP contribution in [0.3, 0.4) is 0 Å². The van der Waals surface area contributed by atoms with Crippen LogP contribution in [0.4, 0.5) is 0 Å². The van der Waals surface area contributed by atoms with Gasteiger partial charge >= 0.3 is 29.6 Å². The quantitative estimate of drug-likeness (QED) is 0.460. The zero-order valence-electron chi connectivity index (χ0n) is 18.5. The summed E-state index contributed by atoms with van der Waals surface area (Å²) in [5, 5.41) is 0.340. The van der Waals surface area contributed by atoms with E-state index in [1.54, 1.807) is 6.20 Å². The number of aromatic nitrogens is 3. The molecule has 0 aliphatic carbocycles. The van der Waals surface area contributed by atoms with Gasteiger partial charge in [-0.15, -0.1) is 0 Å². The SMILES string of the molecule is CCC1(CCOc2ccnc(CS(=O)c3nc4c(C)cccc4[n-]3)c2C)OCCO1.[Na+]. The van der Waals surface area contributed by atoms with E-state index < -0.39 is 16.6 Å². The minimum atomic E-state index is -1.39. The number of para-hydroxylation sites is 1. The zero-order valence-corrected chi connectivity index (χ0v) is 21.3. The molecule has 0 amide bonds. The fourth-order valence-electron chi connectivity index (χ4n) is 3.59. The van der Waals surface area contributed by atoms with Crippen LogP contribution in [0.15, 0.2) is 35.6 Å². The molecule has 31 heavy (non-hydrogen) atoms. The van der Waals surface area contributed by atoms with Crippen molar-refractivity contribution in [2.24, 2.45) is 0 Å². The van der Waals surface area contributed by atoms with E-state index in [0.29, 0.717) is 31.4 Å². The van der Waals surface area contributed by atoms with Crippen molar-refractivity contribution in [3.05, 3.63) is 47.3 Å². The molecule has 160 valence electrons. The first-order valence-electron chi connectivity index (χ1n) is 10.1. The summed E-state index contributed by atoms with van der Waals surface area (Å²) in [5.41, 5.74) is 4.17. The number of pyridine rings is 1. The van der Waals surface area contributed by atoms with Crippen molar-refractivity contribution in [1.29, 1.82) is 0 Å². The maximum atomic E-state index is 12.9. The molecule has 7 nitrogen and oxygen atoms in total. The smallest absolute Gasteiger partial charge is 0.493 e. The van der Waals surface area contributed by atoms with E-state index in [9.17, 15) is 4.21 Å². The van der Waals surface area contributed by atoms with Gasteiger partial charge in [0.05, 0.1) is 42.1 Å². The average molecular weight is 452 g/mol. The van der Waals surface area contributed by atoms with E-state index in [4.69, 9.17) is 14.2 Å². The molecule has 1 atom stereocenters. The van der Waals surface area contributed by atoms with Crippen LogP contribution in [-0.2, 0) is 26.0 Å². The molecule has 9 heteroatoms. The number of rotatable bonds is 8. The number of benzene rings is 1. The summed E-state index contributed by atoms with van der Waals surface area (Å²) in [6, 6.07) is 7.61. The van der Waals surface area contributed by atoms with Crippen LogP contribution in [0, 0.1) is 13.8 Å². The maximum Gasteiger partial charge on any atom is 1.00 e. The second-order valence-electron chi connectivity index (χ2n) is 7.38. The summed E-state index contributed by atoms with van der Waals surface area (Å²) in [4.78, 5) is 13.3. The van der Waals surface area contributed by atoms with Gasteiger partial charge in [0.2, 0.25) is 0 Å². The number of ether oxygens (including phenoxy) is 3. The molecule has 1 aromatic carbocycles. The van der Waals surface area contributed by atoms with Crippen LogP contribution in [0.25, 0.3) is 11.0 Å². The molecule has 3 heterocycles. The monoisotopic (exact) mass is 451 g/mol. The van der Waals surface area contributed by atoms with Gasteiger partial charge in [-0.3, -0.25) is 9.19 Å². The van der Waals surface area contributed by atoms with Gasteiger partial charge in [-0.25, -0.2) is 0 Å². The van der Waals surface area contributed by atoms with E-state index in [1.807, 2.05) is 45.0 Å². The summed E-state index contributed by atoms with van der Waals surface area (Å²) >= 11 is 0. The van der Waals surface area contributed by atoms with Gasteiger partial charge in [-0.2, -0.15) is 0 Å². The molecule has 1 saturated heterocycles. The Morgan fingerprint density at radius 1 is 1.23 bits per heavy atom. The third kappa shape index (κ3) is 5.38. The number of nitrogens with zero attached hydrogens (tertiary/aromatic N) is 3. The van der Waals surface area contributed by atoms with Gasteiger partial charge in [0.1, 0.15) is 5.75 Å². The third-order valence-electron chi connectivity index (χ3n) is 5.46. The molecular weight excluding hydrogens is 425 g/mol. The summed E-state index contributed by atoms with van der Waals surface area (Å²) in [6.07, 6.45) is 3.11. The normalized spacial score (nSPS) is 16.2. The van der Waals surface area contributed by atoms with E-state index in [1.165, 1.54) is 0 Å². The number of imidazole rings is 1. The van der Waals surface area contributed by atoms with Crippen molar-refractivity contribution in [3.8, 4) is 5.75 Å². The summed E-state index contributed by atoms with van der Waals surface area (Å²) in [6.45, 7) is 7.66. The molecule has 0 bridgehead atoms. The van der Waals surface area contributed by atoms with Crippen LogP contribution in [-0.4, -0.2) is 39.8 Å². The molecule has 1 aliphatic rings. The van der Waals surface area contributed by atoms with Crippen LogP contribution in [0.2, 0.25) is 0 Å². The molecule has 0 saturated carbocycles. The van der Waals surface area contributed by atoms with Crippen molar-refractivity contribution >= 4 is 21.8 Å². The predicted molar refractivity (Wildman–Crippen MR) is 114 cm³/mol. The molecule has 1 aliphatic heterocycles. The van der Waals surface area contributed by atoms with E-state index >= 15 is 0 Å². The first kappa shape index (κ1) is 24.4. The van der Waals surface area contributed by atoms with Gasteiger partial charge in [0, 0.05) is 23.3 Å². The molecule has 3 aromatic rings. The molecule has 1 unspecified atom stereocenters. The van der Waals surface area contributed by atoms with Crippen molar-refractivity contribution in [3.63, 3.8) is 0 Å². The Labute approximate surface area is 207 Å². The average Bonchev–Trinajstić information content (AvgIpc) is 3.39. The molecule has 0 radical (unpaired) electrons. The van der Waals surface area contributed by atoms with E-state index in [0.717, 1.165) is 40.0 Å². The number of hydrogen-bond acceptors (Lipinski definition) is 6. The van der Waals surface area contributed by atoms with Crippen molar-refractivity contribution in [1.82, 2.24) is 15.0 Å². The minimum absolute atomic E-state index is 0. The van der Waals surface area contributed by atoms with Crippen molar-refractivity contribution in [2.75, 3.05) is 19.8 Å². The fourth-order valence-corrected chi connectivity index (χ4v) is 4.65. The molecule has 2 aromatic heterocycles. The van der Waals surface area contributed by atoms with Gasteiger partial charge in [-0.05, 0) is 42.9 Å². The fraction of sp³-hybridized carbons (Fsp3) is 0.455. The summed E-state index contributed by atoms with van der Waals surface area (Å²) < 4.78 is 30.4. The third-order valence-corrected chi connectivity index (χ3v) is 6.59. The number of fused-ring (bicyclic) bond motifs is 1. The van der Waals surface area contributed by atoms with Crippen LogP contribution < -0.4 is 39.3 Å². The van der Waals surface area contributed by atoms with Crippen molar-refractivity contribution < 1.29 is 48.0 Å². The zero-order chi connectivity index (χ0) is 21.1. The topological polar surface area (TPSA) is 84.6 Å². The Morgan fingerprint density at radius 2 is 2.00 bits per heavy atom. The molecular formula is C22H26N3NaO4S. The Bertz CT molecular complexity index is 1070. The Morgan fingerprint density at radius 3 is 2.71 bits per heavy atom. The van der Waals surface area contributed by atoms with Gasteiger partial charge in [0.25, 0.3) is 0 Å². The first-order valence-corrected chi connectivity index (χ1v) is 11.5. The predicted octanol–water partition coefficient (Wildman–Crippen LogP) is 0.438. The largest absolute Gasteiger partial charge is 1.00 e. The number of aryl methyl sites for hydroxylation is 1. The first-order chi connectivity index (χ1) is 14.5. The Hall–Kier alpha value is -1.29. The minimum Gasteiger partial charge on any atom is -0.493 e. The van der Waals surface area contributed by atoms with Crippen LogP contribution in [0.5, 0.6) is 5.75 Å². The van der Waals surface area contributed by atoms with Gasteiger partial charge in [0.15, 0.2) is 5.79 Å². The van der Waals surface area contributed by atoms with E-state index in [-0.39, 0.29) is 35.3 Å². The van der Waals surface area contributed by atoms with Crippen LogP contribution >= 0.6 is 0 Å². The Balaban J connectivity index is 0.00000272. The molecule has 0 spiro atoms. The Kier molecular flexibility index (Phi) is 8.29. The molecule has 1 fully saturated rings. The summed E-state index contributed by atoms with van der Waals surface area (Å²) in [5.74, 6) is 0.426. The maximum absolute atomic E-state index is 12.9.